The first-order valence-corrected chi connectivity index (χ1v) is 22.3. The standard InChI is InChI=1S/3C4H11Si.2ClH.Nb/c3*1-5(2,3)4;;;/h3*1H2,2-4H3;2*1H;. The molecule has 0 aliphatic carbocycles. The first kappa shape index (κ1) is 25.0. The summed E-state index contributed by atoms with van der Waals surface area (Å²) in [4.78, 5) is 0. The Hall–Kier alpha value is 1.97. The van der Waals surface area contributed by atoms with E-state index in [0.29, 0.717) is 0 Å². The molecular formula is C12H35Cl2NbSi3. The molecule has 6 heteroatoms. The molecule has 0 aromatic heterocycles. The van der Waals surface area contributed by atoms with Gasteiger partial charge in [0.15, 0.2) is 0 Å². The van der Waals surface area contributed by atoms with E-state index in [1.807, 2.05) is 0 Å². The van der Waals surface area contributed by atoms with Gasteiger partial charge in [0.05, 0.1) is 0 Å². The Bertz CT molecular complexity index is 179. The zero-order valence-electron chi connectivity index (χ0n) is 13.9. The van der Waals surface area contributed by atoms with Gasteiger partial charge >= 0.3 is 114 Å². The second-order valence-electron chi connectivity index (χ2n) is 8.83. The van der Waals surface area contributed by atoms with Crippen molar-refractivity contribution >= 4 is 49.0 Å². The Labute approximate surface area is 138 Å². The Morgan fingerprint density at radius 1 is 0.500 bits per heavy atom. The SMILES string of the molecule is C[Si](C)(C)[CH2][Nb]([CH2][Si](C)(C)C)[CH2][Si](C)(C)C.Cl.Cl. The first-order chi connectivity index (χ1) is 6.79. The minimum Gasteiger partial charge on any atom is -0.147 e. The van der Waals surface area contributed by atoms with E-state index in [2.05, 4.69) is 58.9 Å². The molecule has 0 unspecified atom stereocenters. The van der Waals surface area contributed by atoms with Crippen LogP contribution in [0.1, 0.15) is 0 Å². The molecule has 0 bridgehead atoms. The summed E-state index contributed by atoms with van der Waals surface area (Å²) >= 11 is -0.894. The fraction of sp³-hybridized carbons (Fsp3) is 1.00. The molecule has 0 spiro atoms. The molecule has 0 aromatic rings. The van der Waals surface area contributed by atoms with E-state index in [9.17, 15) is 0 Å². The zero-order valence-corrected chi connectivity index (χ0v) is 20.7. The summed E-state index contributed by atoms with van der Waals surface area (Å²) in [6.07, 6.45) is 0. The van der Waals surface area contributed by atoms with Crippen LogP contribution in [0, 0.1) is 0 Å². The molecule has 0 aliphatic rings. The van der Waals surface area contributed by atoms with Crippen molar-refractivity contribution in [2.24, 2.45) is 0 Å². The van der Waals surface area contributed by atoms with Gasteiger partial charge in [-0.1, -0.05) is 0 Å². The van der Waals surface area contributed by atoms with Crippen molar-refractivity contribution in [3.63, 3.8) is 0 Å². The summed E-state index contributed by atoms with van der Waals surface area (Å²) in [7, 11) is -2.38. The Morgan fingerprint density at radius 2 is 0.667 bits per heavy atom. The van der Waals surface area contributed by atoms with Crippen molar-refractivity contribution < 1.29 is 18.4 Å². The van der Waals surface area contributed by atoms with Gasteiger partial charge in [0.25, 0.3) is 0 Å². The van der Waals surface area contributed by atoms with Gasteiger partial charge in [0.1, 0.15) is 0 Å². The van der Waals surface area contributed by atoms with E-state index in [1.165, 1.54) is 0 Å². The molecule has 0 fully saturated rings. The molecule has 0 nitrogen and oxygen atoms in total. The van der Waals surface area contributed by atoms with E-state index < -0.39 is 42.7 Å². The zero-order chi connectivity index (χ0) is 13.2. The van der Waals surface area contributed by atoms with E-state index in [1.54, 1.807) is 12.8 Å². The third-order valence-corrected chi connectivity index (χ3v) is 37.2. The summed E-state index contributed by atoms with van der Waals surface area (Å²) in [5, 5.41) is 0. The molecule has 0 rings (SSSR count). The van der Waals surface area contributed by atoms with Crippen molar-refractivity contribution in [3.8, 4) is 0 Å². The van der Waals surface area contributed by atoms with Crippen LogP contribution in [0.2, 0.25) is 71.7 Å². The third kappa shape index (κ3) is 18.0. The summed E-state index contributed by atoms with van der Waals surface area (Å²) in [6.45, 7) is 23.2. The molecule has 18 heavy (non-hydrogen) atoms. The summed E-state index contributed by atoms with van der Waals surface area (Å²) < 4.78 is 5.22. The third-order valence-electron chi connectivity index (χ3n) is 2.09. The van der Waals surface area contributed by atoms with E-state index in [0.717, 1.165) is 0 Å². The van der Waals surface area contributed by atoms with E-state index in [4.69, 9.17) is 0 Å². The topological polar surface area (TPSA) is 0 Å². The van der Waals surface area contributed by atoms with Crippen LogP contribution in [0.3, 0.4) is 0 Å². The molecule has 0 aromatic carbocycles. The van der Waals surface area contributed by atoms with Gasteiger partial charge in [0.2, 0.25) is 0 Å². The van der Waals surface area contributed by atoms with Crippen molar-refractivity contribution in [2.75, 3.05) is 0 Å². The predicted molar refractivity (Wildman–Crippen MR) is 99.0 cm³/mol. The van der Waals surface area contributed by atoms with Crippen LogP contribution >= 0.6 is 24.8 Å². The molecule has 114 valence electrons. The Kier molecular flexibility index (Phi) is 12.6. The minimum absolute atomic E-state index is 0. The maximum Gasteiger partial charge on any atom is -0.147 e. The summed E-state index contributed by atoms with van der Waals surface area (Å²) in [5.74, 6) is 0. The molecule has 0 saturated heterocycles. The second-order valence-corrected chi connectivity index (χ2v) is 35.4. The predicted octanol–water partition coefficient (Wildman–Crippen LogP) is 6.34. The van der Waals surface area contributed by atoms with Crippen LogP contribution in [-0.2, 0) is 18.4 Å². The van der Waals surface area contributed by atoms with Crippen molar-refractivity contribution in [2.45, 2.75) is 71.7 Å². The number of halogens is 2. The molecule has 0 aliphatic heterocycles. The molecule has 0 heterocycles. The average molecular weight is 427 g/mol. The van der Waals surface area contributed by atoms with Crippen molar-refractivity contribution in [3.05, 3.63) is 0 Å². The van der Waals surface area contributed by atoms with Crippen LogP contribution in [0.4, 0.5) is 0 Å². The van der Waals surface area contributed by atoms with Crippen molar-refractivity contribution in [1.29, 1.82) is 0 Å². The summed E-state index contributed by atoms with van der Waals surface area (Å²) in [6, 6.07) is 0. The first-order valence-electron chi connectivity index (χ1n) is 6.51. The fourth-order valence-electron chi connectivity index (χ4n) is 2.18. The molecule has 0 atom stereocenters. The number of hydrogen-bond donors (Lipinski definition) is 0. The molecule has 0 saturated carbocycles. The monoisotopic (exact) mass is 426 g/mol. The minimum atomic E-state index is -0.894. The van der Waals surface area contributed by atoms with Gasteiger partial charge in [-0.2, -0.15) is 0 Å². The fourth-order valence-corrected chi connectivity index (χ4v) is 44.6. The molecular weight excluding hydrogens is 392 g/mol. The second kappa shape index (κ2) is 9.08. The van der Waals surface area contributed by atoms with Gasteiger partial charge in [-0.15, -0.1) is 24.8 Å². The van der Waals surface area contributed by atoms with Crippen LogP contribution in [0.25, 0.3) is 0 Å². The average Bonchev–Trinajstić information content (AvgIpc) is 1.70. The van der Waals surface area contributed by atoms with Crippen LogP contribution in [0.5, 0.6) is 0 Å². The maximum absolute atomic E-state index is 2.58. The van der Waals surface area contributed by atoms with E-state index in [-0.39, 0.29) is 24.8 Å². The van der Waals surface area contributed by atoms with Gasteiger partial charge < -0.3 is 0 Å². The molecule has 0 amide bonds. The van der Waals surface area contributed by atoms with Gasteiger partial charge in [-0.25, -0.2) is 0 Å². The van der Waals surface area contributed by atoms with Gasteiger partial charge in [-0.3, -0.25) is 0 Å². The van der Waals surface area contributed by atoms with Crippen LogP contribution in [-0.4, -0.2) is 24.2 Å². The maximum atomic E-state index is 2.58. The van der Waals surface area contributed by atoms with Crippen LogP contribution < -0.4 is 0 Å². The van der Waals surface area contributed by atoms with Crippen molar-refractivity contribution in [1.82, 2.24) is 0 Å². The van der Waals surface area contributed by atoms with E-state index >= 15 is 0 Å². The van der Waals surface area contributed by atoms with Gasteiger partial charge in [0, 0.05) is 0 Å². The smallest absolute Gasteiger partial charge is 0.147 e. The van der Waals surface area contributed by atoms with Gasteiger partial charge in [-0.05, 0) is 0 Å². The molecule has 0 radical (unpaired) electrons. The normalized spacial score (nSPS) is 13.0. The Morgan fingerprint density at radius 3 is 0.778 bits per heavy atom. The quantitative estimate of drug-likeness (QED) is 0.434. The molecule has 0 N–H and O–H groups in total. The number of rotatable bonds is 6. The summed E-state index contributed by atoms with van der Waals surface area (Å²) in [5.41, 5.74) is 0. The largest absolute Gasteiger partial charge is 0.147 e. The van der Waals surface area contributed by atoms with Crippen LogP contribution in [0.15, 0.2) is 0 Å². The number of hydrogen-bond acceptors (Lipinski definition) is 0. The Balaban J connectivity index is -0.00000112.